The summed E-state index contributed by atoms with van der Waals surface area (Å²) in [6.07, 6.45) is 2.83. The van der Waals surface area contributed by atoms with E-state index >= 15 is 0 Å². The van der Waals surface area contributed by atoms with Gasteiger partial charge in [-0.2, -0.15) is 0 Å². The Kier molecular flexibility index (Phi) is 4.36. The lowest BCUT2D eigenvalue weighted by atomic mass is 10.2. The fourth-order valence-electron chi connectivity index (χ4n) is 1.71. The minimum absolute atomic E-state index is 0.265. The molecule has 0 atom stereocenters. The number of nitrogens with zero attached hydrogens (tertiary/aromatic N) is 1. The molecule has 0 saturated heterocycles. The highest BCUT2D eigenvalue weighted by Crippen LogP contribution is 2.24. The molecule has 0 aliphatic heterocycles. The molecule has 0 fully saturated rings. The van der Waals surface area contributed by atoms with E-state index in [-0.39, 0.29) is 4.90 Å². The largest absolute Gasteiger partial charge is 0.439 e. The van der Waals surface area contributed by atoms with Crippen LogP contribution in [0.15, 0.2) is 47.5 Å². The minimum Gasteiger partial charge on any atom is -0.439 e. The molecule has 106 valence electrons. The molecule has 1 N–H and O–H groups in total. The predicted octanol–water partition coefficient (Wildman–Crippen LogP) is 2.00. The fourth-order valence-corrected chi connectivity index (χ4v) is 2.34. The van der Waals surface area contributed by atoms with E-state index in [9.17, 15) is 8.42 Å². The number of hydrogen-bond acceptors (Lipinski definition) is 5. The van der Waals surface area contributed by atoms with Gasteiger partial charge in [-0.1, -0.05) is 6.07 Å². The maximum Gasteiger partial charge on any atom is 0.223 e. The van der Waals surface area contributed by atoms with Crippen molar-refractivity contribution in [3.05, 3.63) is 48.2 Å². The van der Waals surface area contributed by atoms with Crippen molar-refractivity contribution in [3.8, 4) is 11.6 Å². The third kappa shape index (κ3) is 3.55. The quantitative estimate of drug-likeness (QED) is 0.913. The Bertz CT molecular complexity index is 682. The predicted molar refractivity (Wildman–Crippen MR) is 76.6 cm³/mol. The maximum atomic E-state index is 11.4. The Hall–Kier alpha value is -1.92. The Morgan fingerprint density at radius 2 is 1.90 bits per heavy atom. The number of aromatic nitrogens is 1. The van der Waals surface area contributed by atoms with Crippen molar-refractivity contribution < 1.29 is 13.2 Å². The molecule has 1 heterocycles. The van der Waals surface area contributed by atoms with Crippen LogP contribution in [0.2, 0.25) is 0 Å². The molecule has 0 unspecified atom stereocenters. The number of hydrogen-bond donors (Lipinski definition) is 1. The summed E-state index contributed by atoms with van der Waals surface area (Å²) in [4.78, 5) is 4.45. The average molecular weight is 292 g/mol. The molecule has 5 nitrogen and oxygen atoms in total. The van der Waals surface area contributed by atoms with E-state index in [0.29, 0.717) is 18.2 Å². The van der Waals surface area contributed by atoms with Gasteiger partial charge >= 0.3 is 0 Å². The van der Waals surface area contributed by atoms with Crippen molar-refractivity contribution in [2.45, 2.75) is 11.4 Å². The second kappa shape index (κ2) is 6.02. The van der Waals surface area contributed by atoms with Crippen LogP contribution < -0.4 is 10.1 Å². The first-order valence-electron chi connectivity index (χ1n) is 6.07. The topological polar surface area (TPSA) is 68.3 Å². The molecule has 2 aromatic rings. The normalized spacial score (nSPS) is 11.3. The molecule has 20 heavy (non-hydrogen) atoms. The molecule has 0 amide bonds. The lowest BCUT2D eigenvalue weighted by Crippen LogP contribution is -2.07. The maximum absolute atomic E-state index is 11.4. The lowest BCUT2D eigenvalue weighted by molar-refractivity contribution is 0.454. The molecule has 0 aliphatic rings. The summed E-state index contributed by atoms with van der Waals surface area (Å²) < 4.78 is 28.4. The van der Waals surface area contributed by atoms with Gasteiger partial charge in [-0.15, -0.1) is 0 Å². The Morgan fingerprint density at radius 1 is 1.20 bits per heavy atom. The summed E-state index contributed by atoms with van der Waals surface area (Å²) in [5.74, 6) is 1.06. The smallest absolute Gasteiger partial charge is 0.223 e. The second-order valence-electron chi connectivity index (χ2n) is 4.34. The van der Waals surface area contributed by atoms with Crippen LogP contribution in [-0.2, 0) is 16.4 Å². The summed E-state index contributed by atoms with van der Waals surface area (Å²) in [6.45, 7) is 0.643. The number of ether oxygens (including phenoxy) is 1. The van der Waals surface area contributed by atoms with Gasteiger partial charge in [0.05, 0.1) is 4.90 Å². The first-order chi connectivity index (χ1) is 9.50. The monoisotopic (exact) mass is 292 g/mol. The Labute approximate surface area is 118 Å². The van der Waals surface area contributed by atoms with Crippen molar-refractivity contribution in [1.82, 2.24) is 10.3 Å². The summed E-state index contributed by atoms with van der Waals surface area (Å²) in [6, 6.07) is 10.0. The van der Waals surface area contributed by atoms with Gasteiger partial charge in [-0.25, -0.2) is 13.4 Å². The standard InChI is InChI=1S/C14H16N2O3S/c1-15-10-11-4-3-9-16-14(11)19-12-5-7-13(8-6-12)20(2,17)18/h3-9,15H,10H2,1-2H3. The van der Waals surface area contributed by atoms with E-state index in [1.165, 1.54) is 18.4 Å². The summed E-state index contributed by atoms with van der Waals surface area (Å²) in [5.41, 5.74) is 0.933. The molecule has 0 bridgehead atoms. The Balaban J connectivity index is 2.22. The zero-order valence-electron chi connectivity index (χ0n) is 11.3. The van der Waals surface area contributed by atoms with Gasteiger partial charge in [0, 0.05) is 24.6 Å². The van der Waals surface area contributed by atoms with Crippen LogP contribution in [0.5, 0.6) is 11.6 Å². The van der Waals surface area contributed by atoms with E-state index in [2.05, 4.69) is 10.3 Å². The highest BCUT2D eigenvalue weighted by atomic mass is 32.2. The zero-order chi connectivity index (χ0) is 14.6. The van der Waals surface area contributed by atoms with Crippen LogP contribution in [0.25, 0.3) is 0 Å². The summed E-state index contributed by atoms with van der Waals surface area (Å²) >= 11 is 0. The number of rotatable bonds is 5. The van der Waals surface area contributed by atoms with Crippen LogP contribution in [-0.4, -0.2) is 26.7 Å². The zero-order valence-corrected chi connectivity index (χ0v) is 12.1. The van der Waals surface area contributed by atoms with Crippen molar-refractivity contribution in [3.63, 3.8) is 0 Å². The van der Waals surface area contributed by atoms with Crippen molar-refractivity contribution in [2.24, 2.45) is 0 Å². The molecular weight excluding hydrogens is 276 g/mol. The van der Waals surface area contributed by atoms with Crippen LogP contribution in [0.3, 0.4) is 0 Å². The van der Waals surface area contributed by atoms with E-state index in [1.54, 1.807) is 18.3 Å². The molecule has 0 aliphatic carbocycles. The number of sulfone groups is 1. The van der Waals surface area contributed by atoms with Gasteiger partial charge in [0.2, 0.25) is 5.88 Å². The van der Waals surface area contributed by atoms with Gasteiger partial charge < -0.3 is 10.1 Å². The highest BCUT2D eigenvalue weighted by molar-refractivity contribution is 7.90. The van der Waals surface area contributed by atoms with Gasteiger partial charge in [0.15, 0.2) is 9.84 Å². The van der Waals surface area contributed by atoms with Crippen molar-refractivity contribution in [2.75, 3.05) is 13.3 Å². The minimum atomic E-state index is -3.19. The van der Waals surface area contributed by atoms with Gasteiger partial charge in [0.25, 0.3) is 0 Å². The number of pyridine rings is 1. The van der Waals surface area contributed by atoms with E-state index in [4.69, 9.17) is 4.74 Å². The highest BCUT2D eigenvalue weighted by Gasteiger charge is 2.08. The van der Waals surface area contributed by atoms with Crippen LogP contribution in [0, 0.1) is 0 Å². The van der Waals surface area contributed by atoms with Crippen LogP contribution >= 0.6 is 0 Å². The summed E-state index contributed by atoms with van der Waals surface area (Å²) in [5, 5.41) is 3.04. The first kappa shape index (κ1) is 14.5. The van der Waals surface area contributed by atoms with E-state index < -0.39 is 9.84 Å². The summed E-state index contributed by atoms with van der Waals surface area (Å²) in [7, 11) is -1.35. The molecule has 0 saturated carbocycles. The average Bonchev–Trinajstić information content (AvgIpc) is 2.41. The van der Waals surface area contributed by atoms with Crippen LogP contribution in [0.1, 0.15) is 5.56 Å². The molecule has 0 spiro atoms. The first-order valence-corrected chi connectivity index (χ1v) is 7.96. The molecule has 1 aromatic carbocycles. The Morgan fingerprint density at radius 3 is 2.50 bits per heavy atom. The van der Waals surface area contributed by atoms with Gasteiger partial charge in [-0.3, -0.25) is 0 Å². The molecule has 0 radical (unpaired) electrons. The second-order valence-corrected chi connectivity index (χ2v) is 6.36. The van der Waals surface area contributed by atoms with E-state index in [0.717, 1.165) is 5.56 Å². The van der Waals surface area contributed by atoms with E-state index in [1.807, 2.05) is 19.2 Å². The molecule has 6 heteroatoms. The molecule has 2 rings (SSSR count). The lowest BCUT2D eigenvalue weighted by Gasteiger charge is -2.09. The van der Waals surface area contributed by atoms with Gasteiger partial charge in [0.1, 0.15) is 5.75 Å². The number of benzene rings is 1. The SMILES string of the molecule is CNCc1cccnc1Oc1ccc(S(C)(=O)=O)cc1. The third-order valence-corrected chi connectivity index (χ3v) is 3.81. The van der Waals surface area contributed by atoms with Crippen LogP contribution in [0.4, 0.5) is 0 Å². The fraction of sp³-hybridized carbons (Fsp3) is 0.214. The molecule has 1 aromatic heterocycles. The van der Waals surface area contributed by atoms with Crippen molar-refractivity contribution in [1.29, 1.82) is 0 Å². The third-order valence-electron chi connectivity index (χ3n) is 2.68. The van der Waals surface area contributed by atoms with Crippen molar-refractivity contribution >= 4 is 9.84 Å². The molecular formula is C14H16N2O3S. The van der Waals surface area contributed by atoms with Gasteiger partial charge in [-0.05, 0) is 37.4 Å². The number of nitrogens with one attached hydrogen (secondary N) is 1.